The third-order valence-corrected chi connectivity index (χ3v) is 6.06. The van der Waals surface area contributed by atoms with Gasteiger partial charge in [-0.1, -0.05) is 98.6 Å². The maximum atomic E-state index is 5.05. The van der Waals surface area contributed by atoms with Crippen LogP contribution >= 0.6 is 31.9 Å². The summed E-state index contributed by atoms with van der Waals surface area (Å²) in [4.78, 5) is 8.65. The minimum atomic E-state index is 0.873. The van der Waals surface area contributed by atoms with Crippen molar-refractivity contribution in [1.29, 1.82) is 0 Å². The molecule has 0 amide bonds. The molecule has 29 heavy (non-hydrogen) atoms. The maximum absolute atomic E-state index is 5.05. The number of aromatic nitrogens is 2. The first-order valence-electron chi connectivity index (χ1n) is 9.29. The van der Waals surface area contributed by atoms with Crippen LogP contribution in [0.15, 0.2) is 99.9 Å². The van der Waals surface area contributed by atoms with Crippen LogP contribution in [0.25, 0.3) is 44.7 Å². The minimum absolute atomic E-state index is 0.873. The van der Waals surface area contributed by atoms with Crippen molar-refractivity contribution in [2.75, 3.05) is 0 Å². The average molecular weight is 504 g/mol. The monoisotopic (exact) mass is 502 g/mol. The van der Waals surface area contributed by atoms with E-state index in [-0.39, 0.29) is 0 Å². The van der Waals surface area contributed by atoms with Gasteiger partial charge in [-0.25, -0.2) is 4.98 Å². The number of halogens is 2. The molecule has 5 rings (SSSR count). The van der Waals surface area contributed by atoms with Crippen LogP contribution in [0, 0.1) is 0 Å². The van der Waals surface area contributed by atoms with E-state index in [1.54, 1.807) is 0 Å². The number of imidazole rings is 1. The number of rotatable bonds is 3. The van der Waals surface area contributed by atoms with Crippen LogP contribution in [-0.2, 0) is 0 Å². The second-order valence-electron chi connectivity index (χ2n) is 6.85. The van der Waals surface area contributed by atoms with Crippen molar-refractivity contribution in [2.24, 2.45) is 0 Å². The molecule has 0 unspecified atom stereocenters. The summed E-state index contributed by atoms with van der Waals surface area (Å²) in [7, 11) is 0. The van der Waals surface area contributed by atoms with E-state index in [0.717, 1.165) is 42.8 Å². The Morgan fingerprint density at radius 3 is 1.97 bits per heavy atom. The quantitative estimate of drug-likeness (QED) is 0.264. The number of hydrogen-bond donors (Lipinski definition) is 1. The van der Waals surface area contributed by atoms with Crippen molar-refractivity contribution in [3.05, 3.63) is 99.9 Å². The van der Waals surface area contributed by atoms with Gasteiger partial charge in [-0.3, -0.25) is 0 Å². The van der Waals surface area contributed by atoms with Crippen LogP contribution in [0.4, 0.5) is 0 Å². The number of nitrogens with zero attached hydrogens (tertiary/aromatic N) is 1. The molecule has 0 spiro atoms. The summed E-state index contributed by atoms with van der Waals surface area (Å²) in [5.74, 6) is 0.873. The van der Waals surface area contributed by atoms with Gasteiger partial charge >= 0.3 is 0 Å². The van der Waals surface area contributed by atoms with Crippen LogP contribution in [0.5, 0.6) is 0 Å². The molecule has 0 saturated carbocycles. The van der Waals surface area contributed by atoms with Crippen LogP contribution in [0.3, 0.4) is 0 Å². The standard InChI is InChI=1S/C25H16Br2N2/c26-19-12-8-17(9-13-19)23-24(18-10-14-20(27)15-11-18)29-25(28-23)22-7-3-5-16-4-1-2-6-21(16)22/h1-15H,(H,28,29). The molecule has 0 aliphatic carbocycles. The van der Waals surface area contributed by atoms with Gasteiger partial charge in [0.05, 0.1) is 11.4 Å². The third kappa shape index (κ3) is 3.54. The normalized spacial score (nSPS) is 11.1. The molecule has 0 radical (unpaired) electrons. The van der Waals surface area contributed by atoms with Crippen LogP contribution in [0.2, 0.25) is 0 Å². The smallest absolute Gasteiger partial charge is 0.139 e. The van der Waals surface area contributed by atoms with E-state index in [4.69, 9.17) is 4.98 Å². The number of H-pyrrole nitrogens is 1. The van der Waals surface area contributed by atoms with E-state index >= 15 is 0 Å². The van der Waals surface area contributed by atoms with Crippen molar-refractivity contribution in [3.63, 3.8) is 0 Å². The zero-order valence-electron chi connectivity index (χ0n) is 15.4. The summed E-state index contributed by atoms with van der Waals surface area (Å²) < 4.78 is 2.11. The Kier molecular flexibility index (Phi) is 4.82. The predicted molar refractivity (Wildman–Crippen MR) is 128 cm³/mol. The molecule has 1 aromatic heterocycles. The zero-order valence-corrected chi connectivity index (χ0v) is 18.5. The lowest BCUT2D eigenvalue weighted by atomic mass is 10.0. The fourth-order valence-electron chi connectivity index (χ4n) is 3.57. The summed E-state index contributed by atoms with van der Waals surface area (Å²) in [5, 5.41) is 2.39. The summed E-state index contributed by atoms with van der Waals surface area (Å²) in [5.41, 5.74) is 5.24. The van der Waals surface area contributed by atoms with Crippen LogP contribution < -0.4 is 0 Å². The fraction of sp³-hybridized carbons (Fsp3) is 0. The summed E-state index contributed by atoms with van der Waals surface area (Å²) in [6, 6.07) is 31.3. The Labute approximate surface area is 185 Å². The van der Waals surface area contributed by atoms with Crippen molar-refractivity contribution >= 4 is 42.6 Å². The molecule has 2 nitrogen and oxygen atoms in total. The Morgan fingerprint density at radius 2 is 1.24 bits per heavy atom. The lowest BCUT2D eigenvalue weighted by Gasteiger charge is -2.04. The van der Waals surface area contributed by atoms with Crippen LogP contribution in [0.1, 0.15) is 0 Å². The van der Waals surface area contributed by atoms with Crippen molar-refractivity contribution in [3.8, 4) is 33.9 Å². The van der Waals surface area contributed by atoms with Gasteiger partial charge in [-0.15, -0.1) is 0 Å². The second kappa shape index (κ2) is 7.62. The topological polar surface area (TPSA) is 28.7 Å². The van der Waals surface area contributed by atoms with E-state index in [0.29, 0.717) is 0 Å². The molecule has 140 valence electrons. The Morgan fingerprint density at radius 1 is 0.621 bits per heavy atom. The number of fused-ring (bicyclic) bond motifs is 1. The molecule has 1 heterocycles. The molecular weight excluding hydrogens is 488 g/mol. The van der Waals surface area contributed by atoms with Gasteiger partial charge < -0.3 is 4.98 Å². The molecule has 1 N–H and O–H groups in total. The summed E-state index contributed by atoms with van der Waals surface area (Å²) in [6.07, 6.45) is 0. The Balaban J connectivity index is 1.74. The highest BCUT2D eigenvalue weighted by atomic mass is 79.9. The second-order valence-corrected chi connectivity index (χ2v) is 8.68. The largest absolute Gasteiger partial charge is 0.337 e. The molecule has 0 atom stereocenters. The highest BCUT2D eigenvalue weighted by Crippen LogP contribution is 2.36. The molecule has 5 aromatic rings. The zero-order chi connectivity index (χ0) is 19.8. The van der Waals surface area contributed by atoms with E-state index in [9.17, 15) is 0 Å². The molecule has 0 saturated heterocycles. The van der Waals surface area contributed by atoms with E-state index < -0.39 is 0 Å². The lowest BCUT2D eigenvalue weighted by molar-refractivity contribution is 1.32. The van der Waals surface area contributed by atoms with Gasteiger partial charge in [-0.05, 0) is 35.0 Å². The van der Waals surface area contributed by atoms with E-state index in [1.807, 2.05) is 12.1 Å². The first-order valence-corrected chi connectivity index (χ1v) is 10.9. The summed E-state index contributed by atoms with van der Waals surface area (Å²) >= 11 is 7.05. The molecular formula is C25H16Br2N2. The molecule has 0 fully saturated rings. The lowest BCUT2D eigenvalue weighted by Crippen LogP contribution is -1.83. The first-order chi connectivity index (χ1) is 14.2. The maximum Gasteiger partial charge on any atom is 0.139 e. The van der Waals surface area contributed by atoms with E-state index in [2.05, 4.69) is 116 Å². The Bertz CT molecular complexity index is 1240. The number of benzene rings is 4. The molecule has 0 aliphatic heterocycles. The number of aromatic amines is 1. The van der Waals surface area contributed by atoms with E-state index in [1.165, 1.54) is 10.8 Å². The third-order valence-electron chi connectivity index (χ3n) is 5.00. The van der Waals surface area contributed by atoms with Crippen molar-refractivity contribution in [2.45, 2.75) is 0 Å². The van der Waals surface area contributed by atoms with Gasteiger partial charge in [0.1, 0.15) is 5.82 Å². The van der Waals surface area contributed by atoms with Gasteiger partial charge in [0.25, 0.3) is 0 Å². The first kappa shape index (κ1) is 18.3. The highest BCUT2D eigenvalue weighted by Gasteiger charge is 2.16. The van der Waals surface area contributed by atoms with Crippen molar-refractivity contribution in [1.82, 2.24) is 9.97 Å². The van der Waals surface area contributed by atoms with Gasteiger partial charge in [0, 0.05) is 25.6 Å². The Hall–Kier alpha value is -2.69. The molecule has 0 bridgehead atoms. The number of hydrogen-bond acceptors (Lipinski definition) is 1. The van der Waals surface area contributed by atoms with Gasteiger partial charge in [0.15, 0.2) is 0 Å². The van der Waals surface area contributed by atoms with Gasteiger partial charge in [0.2, 0.25) is 0 Å². The average Bonchev–Trinajstić information content (AvgIpc) is 3.19. The van der Waals surface area contributed by atoms with Crippen LogP contribution in [-0.4, -0.2) is 9.97 Å². The fourth-order valence-corrected chi connectivity index (χ4v) is 4.10. The molecule has 4 aromatic carbocycles. The number of nitrogens with one attached hydrogen (secondary N) is 1. The predicted octanol–water partition coefficient (Wildman–Crippen LogP) is 8.09. The summed E-state index contributed by atoms with van der Waals surface area (Å²) in [6.45, 7) is 0. The SMILES string of the molecule is Brc1ccc(-c2nc(-c3cccc4ccccc34)[nH]c2-c2ccc(Br)cc2)cc1. The molecule has 4 heteroatoms. The van der Waals surface area contributed by atoms with Gasteiger partial charge in [-0.2, -0.15) is 0 Å². The highest BCUT2D eigenvalue weighted by molar-refractivity contribution is 9.10. The van der Waals surface area contributed by atoms with Crippen molar-refractivity contribution < 1.29 is 0 Å². The molecule has 0 aliphatic rings. The minimum Gasteiger partial charge on any atom is -0.337 e.